The van der Waals surface area contributed by atoms with Crippen LogP contribution in [0.4, 0.5) is 5.95 Å². The molecule has 0 bridgehead atoms. The first kappa shape index (κ1) is 14.8. The van der Waals surface area contributed by atoms with E-state index in [1.165, 1.54) is 0 Å². The summed E-state index contributed by atoms with van der Waals surface area (Å²) < 4.78 is 9.89. The molecule has 0 saturated carbocycles. The number of fused-ring (bicyclic) bond motifs is 3. The number of aryl methyl sites for hydroxylation is 1. The number of rotatable bonds is 3. The van der Waals surface area contributed by atoms with Crippen LogP contribution in [0.1, 0.15) is 18.5 Å². The number of anilines is 1. The standard InChI is InChI=1S/C15H20N6OS/c1-20-8-11-12(19-20)9-22-13-7-16-15(18-14(11)13)17-10-3-5-21(23-2)6-4-10/h7-8,10H,3-6,9H2,1-2H3,(H,16,17,18). The quantitative estimate of drug-likeness (QED) is 0.861. The minimum Gasteiger partial charge on any atom is -0.483 e. The van der Waals surface area contributed by atoms with Gasteiger partial charge in [0.25, 0.3) is 0 Å². The van der Waals surface area contributed by atoms with Crippen LogP contribution in [0.3, 0.4) is 0 Å². The SMILES string of the molecule is CSN1CCC(Nc2ncc3c(n2)-c2cn(C)nc2CO3)CC1. The van der Waals surface area contributed by atoms with Crippen molar-refractivity contribution in [1.29, 1.82) is 0 Å². The molecule has 8 heteroatoms. The maximum Gasteiger partial charge on any atom is 0.223 e. The molecule has 0 unspecified atom stereocenters. The molecule has 0 spiro atoms. The Morgan fingerprint density at radius 3 is 2.96 bits per heavy atom. The van der Waals surface area contributed by atoms with Crippen molar-refractivity contribution in [2.75, 3.05) is 24.7 Å². The Hall–Kier alpha value is -1.80. The number of nitrogens with zero attached hydrogens (tertiary/aromatic N) is 5. The van der Waals surface area contributed by atoms with Gasteiger partial charge in [-0.15, -0.1) is 0 Å². The van der Waals surface area contributed by atoms with Crippen molar-refractivity contribution >= 4 is 17.9 Å². The second-order valence-electron chi connectivity index (χ2n) is 5.89. The zero-order chi connectivity index (χ0) is 15.8. The highest BCUT2D eigenvalue weighted by Gasteiger charge is 2.24. The Morgan fingerprint density at radius 2 is 2.17 bits per heavy atom. The maximum absolute atomic E-state index is 5.70. The monoisotopic (exact) mass is 332 g/mol. The zero-order valence-electron chi connectivity index (χ0n) is 13.3. The molecule has 7 nitrogen and oxygen atoms in total. The van der Waals surface area contributed by atoms with Gasteiger partial charge in [0.1, 0.15) is 18.0 Å². The Morgan fingerprint density at radius 1 is 1.35 bits per heavy atom. The molecule has 0 aromatic carbocycles. The van der Waals surface area contributed by atoms with Gasteiger partial charge in [-0.25, -0.2) is 9.97 Å². The Bertz CT molecular complexity index is 710. The van der Waals surface area contributed by atoms with E-state index in [4.69, 9.17) is 4.74 Å². The molecule has 4 rings (SSSR count). The lowest BCUT2D eigenvalue weighted by Crippen LogP contribution is -2.35. The van der Waals surface area contributed by atoms with Crippen LogP contribution in [0.5, 0.6) is 5.75 Å². The molecule has 0 amide bonds. The molecular formula is C15H20N6OS. The van der Waals surface area contributed by atoms with Crippen molar-refractivity contribution in [3.8, 4) is 17.0 Å². The number of aromatic nitrogens is 4. The molecule has 1 N–H and O–H groups in total. The molecule has 2 aromatic heterocycles. The Balaban J connectivity index is 1.54. The summed E-state index contributed by atoms with van der Waals surface area (Å²) in [5.41, 5.74) is 2.80. The summed E-state index contributed by atoms with van der Waals surface area (Å²) in [4.78, 5) is 9.09. The van der Waals surface area contributed by atoms with Gasteiger partial charge >= 0.3 is 0 Å². The molecule has 2 aliphatic heterocycles. The minimum atomic E-state index is 0.425. The molecule has 0 atom stereocenters. The molecule has 1 fully saturated rings. The van der Waals surface area contributed by atoms with E-state index < -0.39 is 0 Å². The van der Waals surface area contributed by atoms with Crippen molar-refractivity contribution < 1.29 is 4.74 Å². The van der Waals surface area contributed by atoms with E-state index in [1.807, 2.05) is 25.2 Å². The average molecular weight is 332 g/mol. The van der Waals surface area contributed by atoms with E-state index in [0.717, 1.165) is 48.6 Å². The van der Waals surface area contributed by atoms with Crippen LogP contribution >= 0.6 is 11.9 Å². The fourth-order valence-electron chi connectivity index (χ4n) is 3.09. The third kappa shape index (κ3) is 2.88. The highest BCUT2D eigenvalue weighted by atomic mass is 32.2. The molecule has 0 aliphatic carbocycles. The van der Waals surface area contributed by atoms with Gasteiger partial charge in [-0.2, -0.15) is 5.10 Å². The number of piperidine rings is 1. The van der Waals surface area contributed by atoms with Crippen molar-refractivity contribution in [3.63, 3.8) is 0 Å². The lowest BCUT2D eigenvalue weighted by Gasteiger charge is -2.30. The van der Waals surface area contributed by atoms with Crippen LogP contribution in [-0.2, 0) is 13.7 Å². The van der Waals surface area contributed by atoms with E-state index in [2.05, 4.69) is 30.9 Å². The first-order valence-corrected chi connectivity index (χ1v) is 8.99. The van der Waals surface area contributed by atoms with E-state index in [-0.39, 0.29) is 0 Å². The van der Waals surface area contributed by atoms with Gasteiger partial charge in [0, 0.05) is 37.9 Å². The second kappa shape index (κ2) is 6.01. The molecule has 2 aromatic rings. The summed E-state index contributed by atoms with van der Waals surface area (Å²) in [6.07, 6.45) is 8.10. The number of hydrogen-bond acceptors (Lipinski definition) is 7. The highest BCUT2D eigenvalue weighted by Crippen LogP contribution is 2.35. The summed E-state index contributed by atoms with van der Waals surface area (Å²) in [5, 5.41) is 7.89. The molecule has 1 saturated heterocycles. The number of nitrogens with one attached hydrogen (secondary N) is 1. The first-order valence-electron chi connectivity index (χ1n) is 7.81. The molecule has 23 heavy (non-hydrogen) atoms. The molecule has 2 aliphatic rings. The van der Waals surface area contributed by atoms with Gasteiger partial charge in [0.05, 0.1) is 6.20 Å². The number of hydrogen-bond donors (Lipinski definition) is 1. The van der Waals surface area contributed by atoms with Gasteiger partial charge < -0.3 is 10.1 Å². The van der Waals surface area contributed by atoms with Crippen molar-refractivity contribution in [3.05, 3.63) is 18.1 Å². The largest absolute Gasteiger partial charge is 0.483 e. The van der Waals surface area contributed by atoms with Crippen molar-refractivity contribution in [2.45, 2.75) is 25.5 Å². The fraction of sp³-hybridized carbons (Fsp3) is 0.533. The number of ether oxygens (including phenoxy) is 1. The summed E-state index contributed by atoms with van der Waals surface area (Å²) in [5.74, 6) is 1.40. The summed E-state index contributed by atoms with van der Waals surface area (Å²) >= 11 is 1.82. The predicted octanol–water partition coefficient (Wildman–Crippen LogP) is 1.92. The predicted molar refractivity (Wildman–Crippen MR) is 90.3 cm³/mol. The Kier molecular flexibility index (Phi) is 3.86. The van der Waals surface area contributed by atoms with Crippen LogP contribution in [-0.4, -0.2) is 49.4 Å². The topological polar surface area (TPSA) is 68.1 Å². The van der Waals surface area contributed by atoms with E-state index in [0.29, 0.717) is 18.6 Å². The smallest absolute Gasteiger partial charge is 0.223 e. The van der Waals surface area contributed by atoms with Gasteiger partial charge in [0.15, 0.2) is 5.75 Å². The highest BCUT2D eigenvalue weighted by molar-refractivity contribution is 7.96. The summed E-state index contributed by atoms with van der Waals surface area (Å²) in [7, 11) is 1.91. The fourth-order valence-corrected chi connectivity index (χ4v) is 3.67. The molecule has 0 radical (unpaired) electrons. The van der Waals surface area contributed by atoms with Gasteiger partial charge in [-0.1, -0.05) is 11.9 Å². The normalized spacial score (nSPS) is 18.2. The third-order valence-corrected chi connectivity index (χ3v) is 5.21. The van der Waals surface area contributed by atoms with Crippen LogP contribution in [0.25, 0.3) is 11.3 Å². The van der Waals surface area contributed by atoms with Crippen molar-refractivity contribution in [1.82, 2.24) is 24.1 Å². The molecule has 4 heterocycles. The van der Waals surface area contributed by atoms with Crippen LogP contribution in [0.2, 0.25) is 0 Å². The van der Waals surface area contributed by atoms with Gasteiger partial charge in [-0.05, 0) is 19.1 Å². The Labute approximate surface area is 139 Å². The first-order chi connectivity index (χ1) is 11.2. The van der Waals surface area contributed by atoms with Crippen LogP contribution < -0.4 is 10.1 Å². The van der Waals surface area contributed by atoms with Gasteiger partial charge in [-0.3, -0.25) is 8.99 Å². The van der Waals surface area contributed by atoms with Crippen molar-refractivity contribution in [2.24, 2.45) is 7.05 Å². The van der Waals surface area contributed by atoms with E-state index in [1.54, 1.807) is 10.9 Å². The van der Waals surface area contributed by atoms with E-state index >= 15 is 0 Å². The zero-order valence-corrected chi connectivity index (χ0v) is 14.1. The second-order valence-corrected chi connectivity index (χ2v) is 6.77. The lowest BCUT2D eigenvalue weighted by atomic mass is 10.1. The third-order valence-electron chi connectivity index (χ3n) is 4.33. The minimum absolute atomic E-state index is 0.425. The van der Waals surface area contributed by atoms with Gasteiger partial charge in [0.2, 0.25) is 5.95 Å². The average Bonchev–Trinajstić information content (AvgIpc) is 2.96. The maximum atomic E-state index is 5.70. The van der Waals surface area contributed by atoms with Crippen LogP contribution in [0, 0.1) is 0 Å². The molecule has 122 valence electrons. The van der Waals surface area contributed by atoms with E-state index in [9.17, 15) is 0 Å². The lowest BCUT2D eigenvalue weighted by molar-refractivity contribution is 0.293. The molecular weight excluding hydrogens is 312 g/mol. The summed E-state index contributed by atoms with van der Waals surface area (Å²) in [6, 6.07) is 0.425. The van der Waals surface area contributed by atoms with Crippen LogP contribution in [0.15, 0.2) is 12.4 Å². The summed E-state index contributed by atoms with van der Waals surface area (Å²) in [6.45, 7) is 2.67.